The standard InChI is InChI=1S/C10H10N6O/c1-6-2-3-7-9(13-6)16(10(11)14-7)4-8-12-5-17-15-8/h2-3,5H,4H2,1H3,(H2,11,14). The highest BCUT2D eigenvalue weighted by atomic mass is 16.5. The molecule has 0 fully saturated rings. The average Bonchev–Trinajstić information content (AvgIpc) is 2.90. The zero-order valence-electron chi connectivity index (χ0n) is 9.16. The van der Waals surface area contributed by atoms with Gasteiger partial charge in [-0.2, -0.15) is 4.98 Å². The Morgan fingerprint density at radius 3 is 3.00 bits per heavy atom. The first-order chi connectivity index (χ1) is 8.24. The van der Waals surface area contributed by atoms with Crippen LogP contribution in [0.25, 0.3) is 11.2 Å². The lowest BCUT2D eigenvalue weighted by molar-refractivity contribution is 0.408. The van der Waals surface area contributed by atoms with Gasteiger partial charge in [-0.05, 0) is 19.1 Å². The molecule has 0 aromatic carbocycles. The van der Waals surface area contributed by atoms with Crippen LogP contribution in [0.2, 0.25) is 0 Å². The van der Waals surface area contributed by atoms with Gasteiger partial charge in [0.15, 0.2) is 11.5 Å². The lowest BCUT2D eigenvalue weighted by Crippen LogP contribution is -2.06. The van der Waals surface area contributed by atoms with E-state index in [2.05, 4.69) is 24.6 Å². The molecular formula is C10H10N6O. The lowest BCUT2D eigenvalue weighted by Gasteiger charge is -2.01. The van der Waals surface area contributed by atoms with Crippen LogP contribution in [0.5, 0.6) is 0 Å². The van der Waals surface area contributed by atoms with Crippen molar-refractivity contribution in [2.45, 2.75) is 13.5 Å². The predicted octanol–water partition coefficient (Wildman–Crippen LogP) is 0.753. The van der Waals surface area contributed by atoms with Crippen LogP contribution in [0.1, 0.15) is 11.5 Å². The number of nitrogens with two attached hydrogens (primary N) is 1. The van der Waals surface area contributed by atoms with Crippen LogP contribution in [0.15, 0.2) is 23.0 Å². The third-order valence-corrected chi connectivity index (χ3v) is 2.47. The van der Waals surface area contributed by atoms with Crippen molar-refractivity contribution in [1.82, 2.24) is 24.7 Å². The van der Waals surface area contributed by atoms with Gasteiger partial charge in [0.1, 0.15) is 5.52 Å². The third kappa shape index (κ3) is 1.61. The molecule has 86 valence electrons. The summed E-state index contributed by atoms with van der Waals surface area (Å²) in [6.07, 6.45) is 1.28. The monoisotopic (exact) mass is 230 g/mol. The van der Waals surface area contributed by atoms with Gasteiger partial charge in [-0.1, -0.05) is 5.16 Å². The molecule has 0 spiro atoms. The summed E-state index contributed by atoms with van der Waals surface area (Å²) in [6.45, 7) is 2.32. The molecule has 7 heteroatoms. The van der Waals surface area contributed by atoms with Crippen LogP contribution in [0, 0.1) is 6.92 Å². The predicted molar refractivity (Wildman–Crippen MR) is 60.1 cm³/mol. The number of nitrogens with zero attached hydrogens (tertiary/aromatic N) is 5. The Bertz CT molecular complexity index is 657. The summed E-state index contributed by atoms with van der Waals surface area (Å²) in [4.78, 5) is 12.6. The minimum absolute atomic E-state index is 0.392. The zero-order chi connectivity index (χ0) is 11.8. The Kier molecular flexibility index (Phi) is 2.04. The third-order valence-electron chi connectivity index (χ3n) is 2.47. The Balaban J connectivity index is 2.14. The molecule has 7 nitrogen and oxygen atoms in total. The summed E-state index contributed by atoms with van der Waals surface area (Å²) in [6, 6.07) is 3.79. The van der Waals surface area contributed by atoms with Crippen molar-refractivity contribution < 1.29 is 4.52 Å². The van der Waals surface area contributed by atoms with Crippen LogP contribution in [-0.2, 0) is 6.54 Å². The Labute approximate surface area is 96.3 Å². The molecule has 0 amide bonds. The van der Waals surface area contributed by atoms with Crippen molar-refractivity contribution in [3.63, 3.8) is 0 Å². The molecule has 17 heavy (non-hydrogen) atoms. The van der Waals surface area contributed by atoms with Crippen molar-refractivity contribution in [3.8, 4) is 0 Å². The topological polar surface area (TPSA) is 95.7 Å². The second kappa shape index (κ2) is 3.55. The van der Waals surface area contributed by atoms with Gasteiger partial charge in [-0.15, -0.1) is 0 Å². The summed E-state index contributed by atoms with van der Waals surface area (Å²) >= 11 is 0. The van der Waals surface area contributed by atoms with Crippen LogP contribution < -0.4 is 5.73 Å². The maximum atomic E-state index is 5.85. The molecular weight excluding hydrogens is 220 g/mol. The molecule has 2 N–H and O–H groups in total. The second-order valence-corrected chi connectivity index (χ2v) is 3.70. The van der Waals surface area contributed by atoms with Gasteiger partial charge >= 0.3 is 0 Å². The van der Waals surface area contributed by atoms with Crippen molar-refractivity contribution >= 4 is 17.1 Å². The van der Waals surface area contributed by atoms with Gasteiger partial charge in [0.2, 0.25) is 12.3 Å². The van der Waals surface area contributed by atoms with Gasteiger partial charge in [0, 0.05) is 5.69 Å². The minimum Gasteiger partial charge on any atom is -0.369 e. The average molecular weight is 230 g/mol. The van der Waals surface area contributed by atoms with Crippen LogP contribution in [0.4, 0.5) is 5.95 Å². The van der Waals surface area contributed by atoms with E-state index >= 15 is 0 Å². The second-order valence-electron chi connectivity index (χ2n) is 3.70. The molecule has 0 aliphatic heterocycles. The molecule has 3 heterocycles. The molecule has 0 saturated heterocycles. The van der Waals surface area contributed by atoms with E-state index in [0.717, 1.165) is 16.9 Å². The fourth-order valence-corrected chi connectivity index (χ4v) is 1.67. The number of pyridine rings is 1. The Morgan fingerprint density at radius 2 is 2.24 bits per heavy atom. The van der Waals surface area contributed by atoms with E-state index < -0.39 is 0 Å². The normalized spacial score (nSPS) is 11.1. The molecule has 0 aliphatic carbocycles. The van der Waals surface area contributed by atoms with Gasteiger partial charge in [-0.3, -0.25) is 4.57 Å². The molecule has 3 rings (SSSR count). The summed E-state index contributed by atoms with van der Waals surface area (Å²) < 4.78 is 6.44. The van der Waals surface area contributed by atoms with E-state index in [0.29, 0.717) is 18.3 Å². The molecule has 3 aromatic heterocycles. The van der Waals surface area contributed by atoms with E-state index in [1.165, 1.54) is 6.39 Å². The van der Waals surface area contributed by atoms with E-state index in [-0.39, 0.29) is 0 Å². The first-order valence-corrected chi connectivity index (χ1v) is 5.08. The number of rotatable bonds is 2. The minimum atomic E-state index is 0.392. The fourth-order valence-electron chi connectivity index (χ4n) is 1.67. The summed E-state index contributed by atoms with van der Waals surface area (Å²) in [5.74, 6) is 0.933. The first kappa shape index (κ1) is 9.76. The van der Waals surface area contributed by atoms with Gasteiger partial charge in [-0.25, -0.2) is 9.97 Å². The van der Waals surface area contributed by atoms with Crippen molar-refractivity contribution in [1.29, 1.82) is 0 Å². The lowest BCUT2D eigenvalue weighted by atomic mass is 10.3. The maximum absolute atomic E-state index is 5.85. The Morgan fingerprint density at radius 1 is 1.35 bits per heavy atom. The highest BCUT2D eigenvalue weighted by Gasteiger charge is 2.11. The summed E-state index contributed by atoms with van der Waals surface area (Å²) in [5, 5.41) is 3.74. The van der Waals surface area contributed by atoms with Gasteiger partial charge < -0.3 is 10.3 Å². The van der Waals surface area contributed by atoms with Crippen LogP contribution in [0.3, 0.4) is 0 Å². The van der Waals surface area contributed by atoms with E-state index in [1.807, 2.05) is 19.1 Å². The largest absolute Gasteiger partial charge is 0.369 e. The number of fused-ring (bicyclic) bond motifs is 1. The number of imidazole rings is 1. The number of aryl methyl sites for hydroxylation is 1. The molecule has 3 aromatic rings. The van der Waals surface area contributed by atoms with Crippen molar-refractivity contribution in [2.24, 2.45) is 0 Å². The summed E-state index contributed by atoms with van der Waals surface area (Å²) in [7, 11) is 0. The highest BCUT2D eigenvalue weighted by molar-refractivity contribution is 5.74. The quantitative estimate of drug-likeness (QED) is 0.698. The number of hydrogen-bond donors (Lipinski definition) is 1. The Hall–Kier alpha value is -2.44. The number of anilines is 1. The van der Waals surface area contributed by atoms with Crippen molar-refractivity contribution in [2.75, 3.05) is 5.73 Å². The van der Waals surface area contributed by atoms with Crippen molar-refractivity contribution in [3.05, 3.63) is 30.0 Å². The smallest absolute Gasteiger partial charge is 0.213 e. The van der Waals surface area contributed by atoms with Gasteiger partial charge in [0.05, 0.1) is 6.54 Å². The molecule has 0 saturated carbocycles. The van der Waals surface area contributed by atoms with Crippen LogP contribution >= 0.6 is 0 Å². The molecule has 0 unspecified atom stereocenters. The first-order valence-electron chi connectivity index (χ1n) is 5.08. The highest BCUT2D eigenvalue weighted by Crippen LogP contribution is 2.17. The van der Waals surface area contributed by atoms with E-state index in [1.54, 1.807) is 4.57 Å². The van der Waals surface area contributed by atoms with E-state index in [9.17, 15) is 0 Å². The van der Waals surface area contributed by atoms with Crippen LogP contribution in [-0.4, -0.2) is 24.7 Å². The van der Waals surface area contributed by atoms with Gasteiger partial charge in [0.25, 0.3) is 0 Å². The molecule has 0 bridgehead atoms. The molecule has 0 atom stereocenters. The SMILES string of the molecule is Cc1ccc2nc(N)n(Cc3ncon3)c2n1. The molecule has 0 radical (unpaired) electrons. The number of aromatic nitrogens is 5. The van der Waals surface area contributed by atoms with E-state index in [4.69, 9.17) is 5.73 Å². The number of nitrogen functional groups attached to an aromatic ring is 1. The molecule has 0 aliphatic rings. The maximum Gasteiger partial charge on any atom is 0.213 e. The summed E-state index contributed by atoms with van der Waals surface area (Å²) in [5.41, 5.74) is 8.24. The fraction of sp³-hybridized carbons (Fsp3) is 0.200. The zero-order valence-corrected chi connectivity index (χ0v) is 9.16. The number of hydrogen-bond acceptors (Lipinski definition) is 6.